The largest absolute Gasteiger partial charge is 0.465 e. The van der Waals surface area contributed by atoms with Crippen LogP contribution in [0.2, 0.25) is 0 Å². The Labute approximate surface area is 133 Å². The Morgan fingerprint density at radius 3 is 2.73 bits per heavy atom. The molecule has 2 N–H and O–H groups in total. The second kappa shape index (κ2) is 8.19. The third-order valence-corrected chi connectivity index (χ3v) is 3.98. The lowest BCUT2D eigenvalue weighted by molar-refractivity contribution is -0.119. The summed E-state index contributed by atoms with van der Waals surface area (Å²) in [7, 11) is 1.33. The fourth-order valence-corrected chi connectivity index (χ4v) is 2.65. The van der Waals surface area contributed by atoms with Crippen LogP contribution in [0.25, 0.3) is 0 Å². The molecule has 0 aliphatic rings. The summed E-state index contributed by atoms with van der Waals surface area (Å²) in [4.78, 5) is 24.7. The summed E-state index contributed by atoms with van der Waals surface area (Å²) in [6.07, 6.45) is 0.822. The van der Waals surface area contributed by atoms with Crippen molar-refractivity contribution in [2.75, 3.05) is 25.5 Å². The fraction of sp³-hybridized carbons (Fsp3) is 0.250. The minimum absolute atomic E-state index is 0.110. The predicted octanol–water partition coefficient (Wildman–Crippen LogP) is 2.31. The number of anilines is 1. The normalized spacial score (nSPS) is 10.0. The molecule has 0 saturated heterocycles. The first-order valence-corrected chi connectivity index (χ1v) is 7.79. The smallest absolute Gasteiger partial charge is 0.339 e. The molecule has 0 aliphatic heterocycles. The number of methoxy groups -OCH3 is 1. The molecular weight excluding hydrogens is 300 g/mol. The summed E-state index contributed by atoms with van der Waals surface area (Å²) in [5.74, 6) is -0.544. The standard InChI is InChI=1S/C16H18N2O3S/c1-21-16(20)13-6-2-3-7-14(13)18-11-15(19)17-9-8-12-5-4-10-22-12/h2-7,10,18H,8-9,11H2,1H3,(H,17,19). The third-order valence-electron chi connectivity index (χ3n) is 3.05. The van der Waals surface area contributed by atoms with Gasteiger partial charge in [-0.25, -0.2) is 4.79 Å². The van der Waals surface area contributed by atoms with E-state index in [-0.39, 0.29) is 12.5 Å². The molecule has 1 amide bonds. The van der Waals surface area contributed by atoms with Crippen LogP contribution >= 0.6 is 11.3 Å². The van der Waals surface area contributed by atoms with Gasteiger partial charge >= 0.3 is 5.97 Å². The van der Waals surface area contributed by atoms with Gasteiger partial charge in [0, 0.05) is 17.1 Å². The molecule has 1 aromatic carbocycles. The second-order valence-electron chi connectivity index (χ2n) is 4.57. The maximum atomic E-state index is 11.8. The number of carbonyl (C=O) groups excluding carboxylic acids is 2. The van der Waals surface area contributed by atoms with Crippen LogP contribution in [0.5, 0.6) is 0 Å². The molecule has 22 heavy (non-hydrogen) atoms. The van der Waals surface area contributed by atoms with Gasteiger partial charge < -0.3 is 15.4 Å². The number of carbonyl (C=O) groups is 2. The number of benzene rings is 1. The van der Waals surface area contributed by atoms with Gasteiger partial charge in [0.15, 0.2) is 0 Å². The van der Waals surface area contributed by atoms with Gasteiger partial charge in [-0.1, -0.05) is 18.2 Å². The number of amides is 1. The number of rotatable bonds is 7. The van der Waals surface area contributed by atoms with E-state index in [9.17, 15) is 9.59 Å². The molecule has 2 rings (SSSR count). The zero-order chi connectivity index (χ0) is 15.8. The van der Waals surface area contributed by atoms with Crippen molar-refractivity contribution in [2.24, 2.45) is 0 Å². The van der Waals surface area contributed by atoms with Crippen LogP contribution in [-0.2, 0) is 16.0 Å². The van der Waals surface area contributed by atoms with Gasteiger partial charge in [0.05, 0.1) is 19.2 Å². The van der Waals surface area contributed by atoms with Crippen molar-refractivity contribution in [3.63, 3.8) is 0 Å². The van der Waals surface area contributed by atoms with Crippen molar-refractivity contribution in [1.82, 2.24) is 5.32 Å². The first kappa shape index (κ1) is 16.0. The van der Waals surface area contributed by atoms with Gasteiger partial charge in [0.25, 0.3) is 0 Å². The number of para-hydroxylation sites is 1. The highest BCUT2D eigenvalue weighted by molar-refractivity contribution is 7.09. The lowest BCUT2D eigenvalue weighted by Crippen LogP contribution is -2.31. The van der Waals surface area contributed by atoms with E-state index >= 15 is 0 Å². The minimum Gasteiger partial charge on any atom is -0.465 e. The summed E-state index contributed by atoms with van der Waals surface area (Å²) < 4.78 is 4.71. The van der Waals surface area contributed by atoms with E-state index in [0.717, 1.165) is 6.42 Å². The summed E-state index contributed by atoms with van der Waals surface area (Å²) >= 11 is 1.67. The van der Waals surface area contributed by atoms with Crippen molar-refractivity contribution in [1.29, 1.82) is 0 Å². The molecule has 5 nitrogen and oxygen atoms in total. The molecule has 0 saturated carbocycles. The Morgan fingerprint density at radius 1 is 1.18 bits per heavy atom. The molecule has 0 unspecified atom stereocenters. The van der Waals surface area contributed by atoms with Crippen molar-refractivity contribution in [2.45, 2.75) is 6.42 Å². The SMILES string of the molecule is COC(=O)c1ccccc1NCC(=O)NCCc1cccs1. The van der Waals surface area contributed by atoms with E-state index in [2.05, 4.69) is 10.6 Å². The Morgan fingerprint density at radius 2 is 2.00 bits per heavy atom. The van der Waals surface area contributed by atoms with E-state index in [1.54, 1.807) is 35.6 Å². The summed E-state index contributed by atoms with van der Waals surface area (Å²) in [5.41, 5.74) is 0.999. The Balaban J connectivity index is 1.80. The van der Waals surface area contributed by atoms with Crippen LogP contribution in [0.15, 0.2) is 41.8 Å². The first-order valence-electron chi connectivity index (χ1n) is 6.91. The van der Waals surface area contributed by atoms with Crippen molar-refractivity contribution in [3.8, 4) is 0 Å². The quantitative estimate of drug-likeness (QED) is 0.769. The lowest BCUT2D eigenvalue weighted by Gasteiger charge is -2.10. The number of ether oxygens (including phenoxy) is 1. The summed E-state index contributed by atoms with van der Waals surface area (Å²) in [6.45, 7) is 0.706. The van der Waals surface area contributed by atoms with Crippen LogP contribution in [-0.4, -0.2) is 32.1 Å². The topological polar surface area (TPSA) is 67.4 Å². The monoisotopic (exact) mass is 318 g/mol. The highest BCUT2D eigenvalue weighted by atomic mass is 32.1. The molecule has 2 aromatic rings. The van der Waals surface area contributed by atoms with E-state index in [4.69, 9.17) is 4.74 Å². The molecule has 6 heteroatoms. The van der Waals surface area contributed by atoms with E-state index in [0.29, 0.717) is 17.8 Å². The third kappa shape index (κ3) is 4.60. The first-order chi connectivity index (χ1) is 10.7. The van der Waals surface area contributed by atoms with Gasteiger partial charge in [-0.15, -0.1) is 11.3 Å². The minimum atomic E-state index is -0.429. The molecule has 1 heterocycles. The highest BCUT2D eigenvalue weighted by Gasteiger charge is 2.11. The average Bonchev–Trinajstić information content (AvgIpc) is 3.06. The van der Waals surface area contributed by atoms with Crippen LogP contribution in [0.3, 0.4) is 0 Å². The van der Waals surface area contributed by atoms with Crippen molar-refractivity contribution < 1.29 is 14.3 Å². The molecule has 0 spiro atoms. The van der Waals surface area contributed by atoms with Gasteiger partial charge in [-0.05, 0) is 30.0 Å². The molecule has 0 radical (unpaired) electrons. The molecule has 0 bridgehead atoms. The molecule has 1 aromatic heterocycles. The number of hydrogen-bond acceptors (Lipinski definition) is 5. The van der Waals surface area contributed by atoms with Crippen LogP contribution in [0, 0.1) is 0 Å². The van der Waals surface area contributed by atoms with Crippen molar-refractivity contribution in [3.05, 3.63) is 52.2 Å². The van der Waals surface area contributed by atoms with E-state index < -0.39 is 5.97 Å². The fourth-order valence-electron chi connectivity index (χ4n) is 1.94. The van der Waals surface area contributed by atoms with Gasteiger partial charge in [-0.3, -0.25) is 4.79 Å². The number of esters is 1. The van der Waals surface area contributed by atoms with E-state index in [1.165, 1.54) is 12.0 Å². The number of thiophene rings is 1. The maximum absolute atomic E-state index is 11.8. The second-order valence-corrected chi connectivity index (χ2v) is 5.60. The van der Waals surface area contributed by atoms with Crippen molar-refractivity contribution >= 4 is 28.9 Å². The molecule has 0 atom stereocenters. The van der Waals surface area contributed by atoms with Gasteiger partial charge in [0.1, 0.15) is 0 Å². The summed E-state index contributed by atoms with van der Waals surface area (Å²) in [6, 6.07) is 11.0. The highest BCUT2D eigenvalue weighted by Crippen LogP contribution is 2.15. The number of hydrogen-bond donors (Lipinski definition) is 2. The molecule has 0 fully saturated rings. The zero-order valence-corrected chi connectivity index (χ0v) is 13.1. The molecule has 0 aliphatic carbocycles. The predicted molar refractivity (Wildman–Crippen MR) is 87.3 cm³/mol. The van der Waals surface area contributed by atoms with Crippen LogP contribution < -0.4 is 10.6 Å². The van der Waals surface area contributed by atoms with Gasteiger partial charge in [-0.2, -0.15) is 0 Å². The number of nitrogens with one attached hydrogen (secondary N) is 2. The Bertz CT molecular complexity index is 626. The van der Waals surface area contributed by atoms with Gasteiger partial charge in [0.2, 0.25) is 5.91 Å². The van der Waals surface area contributed by atoms with E-state index in [1.807, 2.05) is 17.5 Å². The lowest BCUT2D eigenvalue weighted by atomic mass is 10.2. The average molecular weight is 318 g/mol. The van der Waals surface area contributed by atoms with Crippen LogP contribution in [0.1, 0.15) is 15.2 Å². The zero-order valence-electron chi connectivity index (χ0n) is 12.3. The molecular formula is C16H18N2O3S. The maximum Gasteiger partial charge on any atom is 0.339 e. The molecule has 116 valence electrons. The Kier molecular flexibility index (Phi) is 5.97. The summed E-state index contributed by atoms with van der Waals surface area (Å²) in [5, 5.41) is 7.82. The Hall–Kier alpha value is -2.34. The van der Waals surface area contributed by atoms with Crippen LogP contribution in [0.4, 0.5) is 5.69 Å².